The van der Waals surface area contributed by atoms with Crippen LogP contribution in [0.25, 0.3) is 44.4 Å². The highest BCUT2D eigenvalue weighted by atomic mass is 35.5. The molecule has 1 aromatic heterocycles. The van der Waals surface area contributed by atoms with Gasteiger partial charge in [-0.1, -0.05) is 66.2 Å². The van der Waals surface area contributed by atoms with Gasteiger partial charge in [0.2, 0.25) is 0 Å². The van der Waals surface area contributed by atoms with Crippen molar-refractivity contribution in [3.63, 3.8) is 0 Å². The third-order valence-corrected chi connectivity index (χ3v) is 10.1. The summed E-state index contributed by atoms with van der Waals surface area (Å²) < 4.78 is 101. The lowest BCUT2D eigenvalue weighted by atomic mass is 9.90. The van der Waals surface area contributed by atoms with Crippen molar-refractivity contribution in [3.05, 3.63) is 136 Å². The summed E-state index contributed by atoms with van der Waals surface area (Å²) in [4.78, 5) is 11.1. The van der Waals surface area contributed by atoms with Crippen LogP contribution < -0.4 is 0 Å². The van der Waals surface area contributed by atoms with Crippen LogP contribution in [0, 0.1) is 12.7 Å². The van der Waals surface area contributed by atoms with Crippen LogP contribution in [0.3, 0.4) is 0 Å². The summed E-state index contributed by atoms with van der Waals surface area (Å²) in [5.41, 5.74) is 0.373. The van der Waals surface area contributed by atoms with E-state index in [0.29, 0.717) is 16.7 Å². The van der Waals surface area contributed by atoms with Gasteiger partial charge in [-0.05, 0) is 72.1 Å². The van der Waals surface area contributed by atoms with E-state index in [1.54, 1.807) is 37.3 Å². The number of rotatable bonds is 8. The highest BCUT2D eigenvalue weighted by Gasteiger charge is 2.32. The van der Waals surface area contributed by atoms with Gasteiger partial charge in [0.25, 0.3) is 22.9 Å². The van der Waals surface area contributed by atoms with Crippen molar-refractivity contribution in [2.45, 2.75) is 24.7 Å². The third kappa shape index (κ3) is 5.73. The van der Waals surface area contributed by atoms with E-state index in [0.717, 1.165) is 40.4 Å². The molecular weight excluding hydrogens is 673 g/mol. The minimum Gasteiger partial charge on any atom is -0.478 e. The largest absolute Gasteiger partial charge is 0.478 e. The molecule has 5 aromatic carbocycles. The molecule has 0 unspecified atom stereocenters. The van der Waals surface area contributed by atoms with E-state index in [9.17, 15) is 40.3 Å². The molecule has 244 valence electrons. The Morgan fingerprint density at radius 3 is 2.12 bits per heavy atom. The Hall–Kier alpha value is -5.00. The van der Waals surface area contributed by atoms with Crippen LogP contribution in [0.15, 0.2) is 108 Å². The number of fused-ring (bicyclic) bond motifs is 1. The summed E-state index contributed by atoms with van der Waals surface area (Å²) in [6.45, 7) is 1.57. The Kier molecular flexibility index (Phi) is 8.61. The Morgan fingerprint density at radius 2 is 1.48 bits per heavy atom. The van der Waals surface area contributed by atoms with E-state index < -0.39 is 45.8 Å². The number of nitrogens with zero attached hydrogens (tertiary/aromatic N) is 1. The van der Waals surface area contributed by atoms with Gasteiger partial charge in [-0.25, -0.2) is 39.1 Å². The summed E-state index contributed by atoms with van der Waals surface area (Å²) in [7, 11) is -4.66. The Balaban J connectivity index is 1.75. The lowest BCUT2D eigenvalue weighted by molar-refractivity contribution is 0.0696. The highest BCUT2D eigenvalue weighted by Crippen LogP contribution is 2.47. The molecule has 0 bridgehead atoms. The van der Waals surface area contributed by atoms with Crippen LogP contribution >= 0.6 is 11.6 Å². The monoisotopic (exact) mass is 695 g/mol. The molecule has 0 aliphatic carbocycles. The van der Waals surface area contributed by atoms with E-state index in [2.05, 4.69) is 0 Å². The topological polar surface area (TPSA) is 76.4 Å². The van der Waals surface area contributed by atoms with Gasteiger partial charge in [-0.15, -0.1) is 0 Å². The van der Waals surface area contributed by atoms with Gasteiger partial charge in [0, 0.05) is 38.2 Å². The third-order valence-electron chi connectivity index (χ3n) is 8.01. The zero-order valence-corrected chi connectivity index (χ0v) is 26.3. The molecule has 0 fully saturated rings. The van der Waals surface area contributed by atoms with Crippen molar-refractivity contribution in [2.24, 2.45) is 0 Å². The second kappa shape index (κ2) is 12.6. The lowest BCUT2D eigenvalue weighted by Crippen LogP contribution is -2.14. The fourth-order valence-electron chi connectivity index (χ4n) is 5.82. The number of hydrogen-bond donors (Lipinski definition) is 1. The average molecular weight is 696 g/mol. The van der Waals surface area contributed by atoms with Gasteiger partial charge in [0.15, 0.2) is 0 Å². The molecule has 1 heterocycles. The second-order valence-corrected chi connectivity index (χ2v) is 13.1. The first kappa shape index (κ1) is 32.9. The smallest absolute Gasteiger partial charge is 0.335 e. The van der Waals surface area contributed by atoms with Crippen molar-refractivity contribution < 1.29 is 40.3 Å². The quantitative estimate of drug-likeness (QED) is 0.161. The molecule has 48 heavy (non-hydrogen) atoms. The Labute approximate surface area is 276 Å². The predicted octanol–water partition coefficient (Wildman–Crippen LogP) is 10.6. The van der Waals surface area contributed by atoms with Crippen LogP contribution in [0.4, 0.5) is 22.0 Å². The number of aryl methyl sites for hydroxylation is 1. The summed E-state index contributed by atoms with van der Waals surface area (Å²) in [6, 6.07) is 21.9. The second-order valence-electron chi connectivity index (χ2n) is 10.9. The first-order chi connectivity index (χ1) is 22.8. The number of carboxylic acid groups (broad SMARTS) is 1. The van der Waals surface area contributed by atoms with E-state index >= 15 is 0 Å². The molecule has 0 aliphatic heterocycles. The molecule has 0 aliphatic rings. The number of halogens is 6. The van der Waals surface area contributed by atoms with Crippen LogP contribution in [0.1, 0.15) is 39.9 Å². The van der Waals surface area contributed by atoms with Crippen LogP contribution in [-0.2, 0) is 10.0 Å². The minimum absolute atomic E-state index is 0.00524. The number of aromatic nitrogens is 1. The molecule has 1 N–H and O–H groups in total. The summed E-state index contributed by atoms with van der Waals surface area (Å²) in [5.74, 6) is -1.95. The van der Waals surface area contributed by atoms with E-state index in [4.69, 9.17) is 11.6 Å². The molecule has 6 rings (SSSR count). The number of carboxylic acids is 1. The maximum Gasteiger partial charge on any atom is 0.335 e. The number of hydrogen-bond acceptors (Lipinski definition) is 3. The summed E-state index contributed by atoms with van der Waals surface area (Å²) in [5, 5.41) is 9.48. The SMILES string of the molecule is Cc1cccc(C(F)F)c1-c1c(-c2cccc(-c3ccc(C(=O)O)cc3Cl)c2)n(S(=O)(=O)c2ccc(C(F)F)cc2)c2ccc(F)cc12. The van der Waals surface area contributed by atoms with Crippen molar-refractivity contribution >= 4 is 38.5 Å². The van der Waals surface area contributed by atoms with Gasteiger partial charge >= 0.3 is 5.97 Å². The number of carbonyl (C=O) groups is 1. The van der Waals surface area contributed by atoms with E-state index in [1.165, 1.54) is 36.4 Å². The lowest BCUT2D eigenvalue weighted by Gasteiger charge is -2.18. The molecule has 5 nitrogen and oxygen atoms in total. The van der Waals surface area contributed by atoms with Crippen LogP contribution in [-0.4, -0.2) is 23.5 Å². The highest BCUT2D eigenvalue weighted by molar-refractivity contribution is 7.90. The standard InChI is InChI=1S/C36H23ClF5NO4S/c1-19-4-2-7-27(35(41)42)31(19)32-28-18-24(38)11-15-30(28)43(48(46,47)25-12-8-20(9-13-25)34(39)40)33(32)22-6-3-5-21(16-22)26-14-10-23(36(44)45)17-29(26)37/h2-18,34-35H,1H3,(H,44,45). The minimum atomic E-state index is -4.66. The molecule has 6 aromatic rings. The zero-order chi connectivity index (χ0) is 34.5. The molecule has 0 amide bonds. The fraction of sp³-hybridized carbons (Fsp3) is 0.0833. The first-order valence-electron chi connectivity index (χ1n) is 14.3. The van der Waals surface area contributed by atoms with Crippen molar-refractivity contribution in [1.29, 1.82) is 0 Å². The van der Waals surface area contributed by atoms with E-state index in [-0.39, 0.29) is 48.8 Å². The van der Waals surface area contributed by atoms with Crippen molar-refractivity contribution in [1.82, 2.24) is 3.97 Å². The predicted molar refractivity (Wildman–Crippen MR) is 174 cm³/mol. The molecule has 0 radical (unpaired) electrons. The number of benzene rings is 5. The Bertz CT molecular complexity index is 2340. The van der Waals surface area contributed by atoms with Gasteiger partial charge in [-0.3, -0.25) is 0 Å². The zero-order valence-electron chi connectivity index (χ0n) is 24.8. The maximum absolute atomic E-state index is 15.0. The normalized spacial score (nSPS) is 11.9. The van der Waals surface area contributed by atoms with Gasteiger partial charge in [0.05, 0.1) is 21.7 Å². The summed E-state index contributed by atoms with van der Waals surface area (Å²) >= 11 is 6.47. The molecule has 0 saturated heterocycles. The van der Waals surface area contributed by atoms with Crippen LogP contribution in [0.5, 0.6) is 0 Å². The molecule has 0 spiro atoms. The Morgan fingerprint density at radius 1 is 0.792 bits per heavy atom. The average Bonchev–Trinajstić information content (AvgIpc) is 3.39. The number of aromatic carboxylic acids is 1. The molecule has 0 atom stereocenters. The first-order valence-corrected chi connectivity index (χ1v) is 16.1. The van der Waals surface area contributed by atoms with Gasteiger partial charge in [0.1, 0.15) is 5.82 Å². The molecular formula is C36H23ClF5NO4S. The maximum atomic E-state index is 15.0. The van der Waals surface area contributed by atoms with Gasteiger partial charge in [-0.2, -0.15) is 0 Å². The van der Waals surface area contributed by atoms with E-state index in [1.807, 2.05) is 0 Å². The van der Waals surface area contributed by atoms with Crippen molar-refractivity contribution in [2.75, 3.05) is 0 Å². The van der Waals surface area contributed by atoms with Crippen molar-refractivity contribution in [3.8, 4) is 33.5 Å². The van der Waals surface area contributed by atoms with Gasteiger partial charge < -0.3 is 5.11 Å². The molecule has 0 saturated carbocycles. The number of alkyl halides is 4. The fourth-order valence-corrected chi connectivity index (χ4v) is 7.66. The summed E-state index contributed by atoms with van der Waals surface area (Å²) in [6.07, 6.45) is -5.84. The van der Waals surface area contributed by atoms with Crippen LogP contribution in [0.2, 0.25) is 5.02 Å². The molecule has 12 heteroatoms.